The molecule has 2 aliphatic rings. The number of nitrogens with one attached hydrogen (secondary N) is 3. The number of carbonyl (C=O) groups is 2. The number of halogens is 6. The summed E-state index contributed by atoms with van der Waals surface area (Å²) in [5, 5.41) is 8.08. The van der Waals surface area contributed by atoms with Crippen molar-refractivity contribution in [2.45, 2.75) is 49.3 Å². The molecule has 2 aliphatic heterocycles. The number of amides is 3. The third-order valence-electron chi connectivity index (χ3n) is 6.71. The Bertz CT molecular complexity index is 1110. The second kappa shape index (κ2) is 9.07. The van der Waals surface area contributed by atoms with Crippen LogP contribution in [0.4, 0.5) is 31.1 Å². The minimum Gasteiger partial charge on any atom is -0.372 e. The fourth-order valence-electron chi connectivity index (χ4n) is 4.54. The van der Waals surface area contributed by atoms with Gasteiger partial charge in [-0.3, -0.25) is 10.1 Å². The van der Waals surface area contributed by atoms with Crippen molar-refractivity contribution in [3.63, 3.8) is 0 Å². The number of rotatable bonds is 5. The van der Waals surface area contributed by atoms with Crippen LogP contribution in [0.1, 0.15) is 48.1 Å². The Labute approximate surface area is 202 Å². The second-order valence-corrected chi connectivity index (χ2v) is 9.08. The molecule has 0 unspecified atom stereocenters. The van der Waals surface area contributed by atoms with Crippen molar-refractivity contribution >= 4 is 11.9 Å². The fourth-order valence-corrected chi connectivity index (χ4v) is 4.54. The molecule has 0 aromatic heterocycles. The van der Waals surface area contributed by atoms with E-state index in [9.17, 15) is 35.9 Å². The normalized spacial score (nSPS) is 25.5. The Hall–Kier alpha value is -3.12. The van der Waals surface area contributed by atoms with Gasteiger partial charge >= 0.3 is 18.4 Å². The van der Waals surface area contributed by atoms with E-state index in [0.29, 0.717) is 18.6 Å². The fraction of sp³-hybridized carbons (Fsp3) is 0.417. The van der Waals surface area contributed by atoms with Crippen molar-refractivity contribution in [3.05, 3.63) is 70.8 Å². The van der Waals surface area contributed by atoms with E-state index in [1.807, 2.05) is 0 Å². The first-order valence-electron chi connectivity index (χ1n) is 11.1. The zero-order valence-electron chi connectivity index (χ0n) is 19.0. The van der Waals surface area contributed by atoms with E-state index in [1.54, 1.807) is 30.3 Å². The molecule has 2 fully saturated rings. The summed E-state index contributed by atoms with van der Waals surface area (Å²) >= 11 is 0. The maximum Gasteiger partial charge on any atom is 0.416 e. The van der Waals surface area contributed by atoms with Crippen molar-refractivity contribution in [1.29, 1.82) is 0 Å². The first-order valence-corrected chi connectivity index (χ1v) is 11.1. The van der Waals surface area contributed by atoms with Crippen LogP contribution in [0.3, 0.4) is 0 Å². The van der Waals surface area contributed by atoms with E-state index in [2.05, 4.69) is 16.0 Å². The molecule has 6 nitrogen and oxygen atoms in total. The summed E-state index contributed by atoms with van der Waals surface area (Å²) in [6, 6.07) is 9.72. The Morgan fingerprint density at radius 3 is 2.03 bits per heavy atom. The molecule has 0 bridgehead atoms. The van der Waals surface area contributed by atoms with Crippen LogP contribution in [-0.2, 0) is 27.4 Å². The molecule has 194 valence electrons. The van der Waals surface area contributed by atoms with Crippen molar-refractivity contribution in [2.24, 2.45) is 0 Å². The summed E-state index contributed by atoms with van der Waals surface area (Å²) in [4.78, 5) is 24.0. The Morgan fingerprint density at radius 2 is 1.56 bits per heavy atom. The van der Waals surface area contributed by atoms with Crippen LogP contribution < -0.4 is 16.0 Å². The number of benzene rings is 2. The summed E-state index contributed by atoms with van der Waals surface area (Å²) in [5.41, 5.74) is -4.39. The van der Waals surface area contributed by atoms with Gasteiger partial charge in [-0.2, -0.15) is 26.3 Å². The predicted octanol–water partition coefficient (Wildman–Crippen LogP) is 4.66. The maximum atomic E-state index is 13.3. The van der Waals surface area contributed by atoms with E-state index in [-0.39, 0.29) is 31.2 Å². The van der Waals surface area contributed by atoms with E-state index in [0.717, 1.165) is 5.56 Å². The summed E-state index contributed by atoms with van der Waals surface area (Å²) in [7, 11) is 0. The van der Waals surface area contributed by atoms with Crippen molar-refractivity contribution in [3.8, 4) is 0 Å². The number of alkyl halides is 6. The number of hydrogen-bond acceptors (Lipinski definition) is 4. The molecule has 0 saturated carbocycles. The molecule has 4 rings (SSSR count). The molecule has 2 aromatic rings. The molecule has 3 N–H and O–H groups in total. The quantitative estimate of drug-likeness (QED) is 0.400. The summed E-state index contributed by atoms with van der Waals surface area (Å²) < 4.78 is 85.6. The van der Waals surface area contributed by atoms with Gasteiger partial charge in [0.2, 0.25) is 0 Å². The number of hydrogen-bond donors (Lipinski definition) is 3. The van der Waals surface area contributed by atoms with E-state index in [4.69, 9.17) is 4.74 Å². The third-order valence-corrected chi connectivity index (χ3v) is 6.71. The molecule has 2 saturated heterocycles. The Morgan fingerprint density at radius 1 is 0.944 bits per heavy atom. The topological polar surface area (TPSA) is 79.5 Å². The molecule has 2 aromatic carbocycles. The molecule has 3 atom stereocenters. The highest BCUT2D eigenvalue weighted by molar-refractivity contribution is 6.07. The number of piperidine rings is 1. The van der Waals surface area contributed by atoms with E-state index in [1.165, 1.54) is 6.92 Å². The summed E-state index contributed by atoms with van der Waals surface area (Å²) in [6.45, 7) is 1.32. The summed E-state index contributed by atoms with van der Waals surface area (Å²) in [6.07, 6.45) is -10.5. The van der Waals surface area contributed by atoms with Crippen molar-refractivity contribution in [2.75, 3.05) is 13.2 Å². The molecule has 3 amide bonds. The van der Waals surface area contributed by atoms with Crippen LogP contribution >= 0.6 is 0 Å². The number of ether oxygens (including phenoxy) is 1. The first kappa shape index (κ1) is 26.0. The number of urea groups is 1. The number of carbonyl (C=O) groups excluding carboxylic acids is 2. The van der Waals surface area contributed by atoms with Crippen molar-refractivity contribution < 1.29 is 40.7 Å². The van der Waals surface area contributed by atoms with E-state index < -0.39 is 52.6 Å². The van der Waals surface area contributed by atoms with Gasteiger partial charge < -0.3 is 15.4 Å². The minimum atomic E-state index is -4.97. The van der Waals surface area contributed by atoms with Crippen LogP contribution in [0.2, 0.25) is 0 Å². The highest BCUT2D eigenvalue weighted by atomic mass is 19.4. The zero-order valence-corrected chi connectivity index (χ0v) is 19.0. The minimum absolute atomic E-state index is 0.0546. The average Bonchev–Trinajstić information content (AvgIpc) is 3.10. The zero-order chi connectivity index (χ0) is 26.4. The molecule has 0 aliphatic carbocycles. The van der Waals surface area contributed by atoms with Gasteiger partial charge in [0.25, 0.3) is 5.91 Å². The first-order chi connectivity index (χ1) is 16.7. The van der Waals surface area contributed by atoms with Gasteiger partial charge in [0, 0.05) is 6.54 Å². The highest BCUT2D eigenvalue weighted by Crippen LogP contribution is 2.40. The Kier molecular flexibility index (Phi) is 6.54. The molecule has 1 spiro atoms. The van der Waals surface area contributed by atoms with Gasteiger partial charge in [0.1, 0.15) is 5.54 Å². The lowest BCUT2D eigenvalue weighted by Crippen LogP contribution is -2.64. The van der Waals surface area contributed by atoms with Crippen LogP contribution in [0.15, 0.2) is 48.5 Å². The molecule has 0 radical (unpaired) electrons. The summed E-state index contributed by atoms with van der Waals surface area (Å²) in [5.74, 6) is -0.473. The second-order valence-electron chi connectivity index (χ2n) is 9.08. The van der Waals surface area contributed by atoms with Gasteiger partial charge in [-0.25, -0.2) is 4.79 Å². The lowest BCUT2D eigenvalue weighted by molar-refractivity contribution is -0.143. The maximum absolute atomic E-state index is 13.3. The molecule has 36 heavy (non-hydrogen) atoms. The van der Waals surface area contributed by atoms with Crippen LogP contribution in [-0.4, -0.2) is 30.6 Å². The molecular formula is C24H23F6N3O3. The molecule has 2 heterocycles. The van der Waals surface area contributed by atoms with Crippen LogP contribution in [0.25, 0.3) is 0 Å². The van der Waals surface area contributed by atoms with Gasteiger partial charge in [-0.1, -0.05) is 30.3 Å². The van der Waals surface area contributed by atoms with Crippen LogP contribution in [0, 0.1) is 0 Å². The third kappa shape index (κ3) is 5.05. The SMILES string of the molecule is C[C@@H](OC[C@@]1(c2ccccc2)CC[C@]2(CN1)NC(=O)NC2=O)c1cc(C(F)(F)F)cc(C(F)(F)F)c1. The molecular weight excluding hydrogens is 492 g/mol. The lowest BCUT2D eigenvalue weighted by Gasteiger charge is -2.45. The Balaban J connectivity index is 1.59. The lowest BCUT2D eigenvalue weighted by atomic mass is 9.76. The standard InChI is InChI=1S/C24H23F6N3O3/c1-14(15-9-17(23(25,26)27)11-18(10-15)24(28,29)30)36-13-22(16-5-3-2-4-6-16)8-7-21(12-31-22)19(34)32-20(35)33-21/h2-6,9-11,14,31H,7-8,12-13H2,1H3,(H2,32,33,34,35)/t14-,21-,22-/m1/s1. The largest absolute Gasteiger partial charge is 0.416 e. The number of imide groups is 1. The predicted molar refractivity (Wildman–Crippen MR) is 116 cm³/mol. The van der Waals surface area contributed by atoms with Crippen LogP contribution in [0.5, 0.6) is 0 Å². The van der Waals surface area contributed by atoms with Gasteiger partial charge in [0.15, 0.2) is 0 Å². The monoisotopic (exact) mass is 515 g/mol. The van der Waals surface area contributed by atoms with Gasteiger partial charge in [-0.05, 0) is 49.1 Å². The average molecular weight is 515 g/mol. The smallest absolute Gasteiger partial charge is 0.372 e. The van der Waals surface area contributed by atoms with Gasteiger partial charge in [-0.15, -0.1) is 0 Å². The molecule has 12 heteroatoms. The van der Waals surface area contributed by atoms with E-state index >= 15 is 0 Å². The van der Waals surface area contributed by atoms with Crippen molar-refractivity contribution in [1.82, 2.24) is 16.0 Å². The van der Waals surface area contributed by atoms with Gasteiger partial charge in [0.05, 0.1) is 29.4 Å². The highest BCUT2D eigenvalue weighted by Gasteiger charge is 2.52.